The second kappa shape index (κ2) is 11.4. The van der Waals surface area contributed by atoms with E-state index in [0.29, 0.717) is 30.2 Å². The molecule has 140 valence electrons. The van der Waals surface area contributed by atoms with Crippen molar-refractivity contribution in [3.05, 3.63) is 40.2 Å². The number of rotatable bonds is 10. The molecule has 0 aliphatic heterocycles. The van der Waals surface area contributed by atoms with Crippen LogP contribution in [-0.2, 0) is 0 Å². The highest BCUT2D eigenvalue weighted by Gasteiger charge is 2.33. The third kappa shape index (κ3) is 7.43. The van der Waals surface area contributed by atoms with Crippen LogP contribution in [0.3, 0.4) is 0 Å². The van der Waals surface area contributed by atoms with E-state index in [1.54, 1.807) is 5.47 Å². The van der Waals surface area contributed by atoms with Crippen LogP contribution in [0, 0.1) is 11.8 Å². The van der Waals surface area contributed by atoms with E-state index in [9.17, 15) is 0 Å². The first-order chi connectivity index (χ1) is 11.8. The SMILES string of the molecule is CCCC/C(=C\Sc1ccc(Cl)cc1)B(C(C)C(C)C)C(C)C(C)C. The Morgan fingerprint density at radius 1 is 1.00 bits per heavy atom. The van der Waals surface area contributed by atoms with Gasteiger partial charge in [0.15, 0.2) is 6.71 Å². The lowest BCUT2D eigenvalue weighted by molar-refractivity contribution is 0.562. The number of allylic oxidation sites excluding steroid dienone is 1. The predicted molar refractivity (Wildman–Crippen MR) is 119 cm³/mol. The van der Waals surface area contributed by atoms with Crippen molar-refractivity contribution in [1.29, 1.82) is 0 Å². The number of unbranched alkanes of at least 4 members (excludes halogenated alkanes) is 1. The van der Waals surface area contributed by atoms with Gasteiger partial charge in [-0.3, -0.25) is 0 Å². The van der Waals surface area contributed by atoms with Crippen LogP contribution in [0.1, 0.15) is 67.7 Å². The minimum atomic E-state index is 0.659. The third-order valence-electron chi connectivity index (χ3n) is 5.64. The molecule has 0 saturated carbocycles. The molecule has 25 heavy (non-hydrogen) atoms. The molecular weight excluding hydrogens is 343 g/mol. The lowest BCUT2D eigenvalue weighted by Crippen LogP contribution is -2.32. The van der Waals surface area contributed by atoms with Crippen molar-refractivity contribution in [1.82, 2.24) is 0 Å². The van der Waals surface area contributed by atoms with E-state index in [-0.39, 0.29) is 0 Å². The average Bonchev–Trinajstić information content (AvgIpc) is 2.57. The smallest absolute Gasteiger partial charge is 0.0990 e. The highest BCUT2D eigenvalue weighted by atomic mass is 35.5. The molecule has 0 fully saturated rings. The Labute approximate surface area is 166 Å². The summed E-state index contributed by atoms with van der Waals surface area (Å²) in [7, 11) is 0. The molecule has 0 spiro atoms. The lowest BCUT2D eigenvalue weighted by atomic mass is 9.27. The van der Waals surface area contributed by atoms with Gasteiger partial charge in [0, 0.05) is 9.92 Å². The van der Waals surface area contributed by atoms with Crippen LogP contribution in [0.4, 0.5) is 0 Å². The fourth-order valence-corrected chi connectivity index (χ4v) is 4.31. The molecular formula is C22H36BClS. The number of benzene rings is 1. The molecule has 0 N–H and O–H groups in total. The number of hydrogen-bond donors (Lipinski definition) is 0. The molecule has 0 saturated heterocycles. The molecule has 0 aromatic heterocycles. The Kier molecular flexibility index (Phi) is 10.3. The first-order valence-corrected chi connectivity index (χ1v) is 11.1. The highest BCUT2D eigenvalue weighted by Crippen LogP contribution is 2.39. The second-order valence-electron chi connectivity index (χ2n) is 8.10. The first-order valence-electron chi connectivity index (χ1n) is 9.89. The molecule has 1 rings (SSSR count). The van der Waals surface area contributed by atoms with Crippen molar-refractivity contribution in [3.63, 3.8) is 0 Å². The summed E-state index contributed by atoms with van der Waals surface area (Å²) in [6.45, 7) is 17.3. The summed E-state index contributed by atoms with van der Waals surface area (Å²) in [6, 6.07) is 8.20. The lowest BCUT2D eigenvalue weighted by Gasteiger charge is -2.33. The minimum Gasteiger partial charge on any atom is -0.0990 e. The maximum Gasteiger partial charge on any atom is 0.177 e. The predicted octanol–water partition coefficient (Wildman–Crippen LogP) is 8.63. The van der Waals surface area contributed by atoms with E-state index < -0.39 is 0 Å². The summed E-state index contributed by atoms with van der Waals surface area (Å²) in [5.74, 6) is 2.81. The Morgan fingerprint density at radius 2 is 1.52 bits per heavy atom. The van der Waals surface area contributed by atoms with E-state index in [0.717, 1.165) is 5.02 Å². The monoisotopic (exact) mass is 378 g/mol. The summed E-state index contributed by atoms with van der Waals surface area (Å²) in [4.78, 5) is 1.27. The van der Waals surface area contributed by atoms with E-state index in [4.69, 9.17) is 11.6 Å². The van der Waals surface area contributed by atoms with Gasteiger partial charge in [0.2, 0.25) is 0 Å². The number of hydrogen-bond acceptors (Lipinski definition) is 1. The third-order valence-corrected chi connectivity index (χ3v) is 6.86. The maximum atomic E-state index is 6.02. The zero-order valence-electron chi connectivity index (χ0n) is 17.2. The maximum absolute atomic E-state index is 6.02. The Bertz CT molecular complexity index is 507. The van der Waals surface area contributed by atoms with E-state index in [2.05, 4.69) is 66.0 Å². The van der Waals surface area contributed by atoms with Crippen molar-refractivity contribution < 1.29 is 0 Å². The van der Waals surface area contributed by atoms with Crippen LogP contribution in [0.5, 0.6) is 0 Å². The van der Waals surface area contributed by atoms with E-state index in [1.807, 2.05) is 23.9 Å². The average molecular weight is 379 g/mol. The topological polar surface area (TPSA) is 0 Å². The summed E-state index contributed by atoms with van der Waals surface area (Å²) in [5, 5.41) is 3.25. The number of halogens is 1. The van der Waals surface area contributed by atoms with Crippen LogP contribution in [0.25, 0.3) is 0 Å². The molecule has 0 aliphatic rings. The molecule has 0 heterocycles. The van der Waals surface area contributed by atoms with Gasteiger partial charge < -0.3 is 0 Å². The van der Waals surface area contributed by atoms with Crippen molar-refractivity contribution >= 4 is 30.1 Å². The van der Waals surface area contributed by atoms with Crippen LogP contribution in [0.15, 0.2) is 40.0 Å². The quantitative estimate of drug-likeness (QED) is 0.290. The fourth-order valence-electron chi connectivity index (χ4n) is 3.33. The Morgan fingerprint density at radius 3 is 1.96 bits per heavy atom. The van der Waals surface area contributed by atoms with Gasteiger partial charge in [0.25, 0.3) is 0 Å². The summed E-state index contributed by atoms with van der Waals surface area (Å²) >= 11 is 7.88. The van der Waals surface area contributed by atoms with Gasteiger partial charge in [0.1, 0.15) is 0 Å². The van der Waals surface area contributed by atoms with Gasteiger partial charge >= 0.3 is 0 Å². The van der Waals surface area contributed by atoms with Gasteiger partial charge in [0.05, 0.1) is 0 Å². The molecule has 0 amide bonds. The molecule has 1 aromatic rings. The highest BCUT2D eigenvalue weighted by molar-refractivity contribution is 8.02. The van der Waals surface area contributed by atoms with Crippen LogP contribution >= 0.6 is 23.4 Å². The summed E-state index contributed by atoms with van der Waals surface area (Å²) in [5.41, 5.74) is 1.64. The van der Waals surface area contributed by atoms with Crippen molar-refractivity contribution in [2.45, 2.75) is 84.3 Å². The van der Waals surface area contributed by atoms with E-state index >= 15 is 0 Å². The van der Waals surface area contributed by atoms with Gasteiger partial charge in [-0.1, -0.05) is 114 Å². The molecule has 2 atom stereocenters. The molecule has 1 aromatic carbocycles. The minimum absolute atomic E-state index is 0.659. The summed E-state index contributed by atoms with van der Waals surface area (Å²) < 4.78 is 0. The largest absolute Gasteiger partial charge is 0.177 e. The molecule has 0 radical (unpaired) electrons. The van der Waals surface area contributed by atoms with Crippen LogP contribution in [-0.4, -0.2) is 6.71 Å². The van der Waals surface area contributed by atoms with Gasteiger partial charge in [-0.2, -0.15) is 0 Å². The zero-order chi connectivity index (χ0) is 19.0. The van der Waals surface area contributed by atoms with Crippen LogP contribution in [0.2, 0.25) is 16.7 Å². The first kappa shape index (κ1) is 22.7. The zero-order valence-corrected chi connectivity index (χ0v) is 18.8. The van der Waals surface area contributed by atoms with Crippen LogP contribution < -0.4 is 0 Å². The van der Waals surface area contributed by atoms with Crippen molar-refractivity contribution in [2.24, 2.45) is 11.8 Å². The second-order valence-corrected chi connectivity index (χ2v) is 9.48. The van der Waals surface area contributed by atoms with Gasteiger partial charge in [-0.15, -0.1) is 0 Å². The Balaban J connectivity index is 3.11. The van der Waals surface area contributed by atoms with Crippen molar-refractivity contribution in [2.75, 3.05) is 0 Å². The Hall–Kier alpha value is -0.335. The van der Waals surface area contributed by atoms with Gasteiger partial charge in [-0.25, -0.2) is 0 Å². The standard InChI is InChI=1S/C22H36BClS/c1-8-9-10-20(15-25-22-13-11-21(24)12-14-22)23(18(6)16(2)3)19(7)17(4)5/h11-19H,8-10H2,1-7H3/b20-15+. The molecule has 0 bridgehead atoms. The molecule has 3 heteroatoms. The van der Waals surface area contributed by atoms with Gasteiger partial charge in [-0.05, 0) is 36.1 Å². The molecule has 0 nitrogen and oxygen atoms in total. The van der Waals surface area contributed by atoms with E-state index in [1.165, 1.54) is 24.2 Å². The molecule has 0 aliphatic carbocycles. The number of thioether (sulfide) groups is 1. The van der Waals surface area contributed by atoms with Crippen molar-refractivity contribution in [3.8, 4) is 0 Å². The summed E-state index contributed by atoms with van der Waals surface area (Å²) in [6.07, 6.45) is 3.75. The fraction of sp³-hybridized carbons (Fsp3) is 0.636. The molecule has 2 unspecified atom stereocenters. The normalized spacial score (nSPS) is 14.9.